The van der Waals surface area contributed by atoms with Crippen molar-refractivity contribution in [1.82, 2.24) is 13.5 Å². The van der Waals surface area contributed by atoms with E-state index in [0.29, 0.717) is 45.0 Å². The molecule has 2 aliphatic rings. The van der Waals surface area contributed by atoms with E-state index in [4.69, 9.17) is 11.6 Å². The van der Waals surface area contributed by atoms with E-state index >= 15 is 0 Å². The summed E-state index contributed by atoms with van der Waals surface area (Å²) in [5, 5.41) is 13.5. The number of carbonyl (C=O) groups excluding carboxylic acids is 1. The number of nitro groups is 1. The molecule has 12 heteroatoms. The van der Waals surface area contributed by atoms with Gasteiger partial charge in [-0.1, -0.05) is 24.4 Å². The quantitative estimate of drug-likeness (QED) is 0.513. The van der Waals surface area contributed by atoms with Gasteiger partial charge < -0.3 is 5.32 Å². The van der Waals surface area contributed by atoms with Crippen LogP contribution in [0.25, 0.3) is 0 Å². The smallest absolute Gasteiger partial charge is 0.282 e. The van der Waals surface area contributed by atoms with Gasteiger partial charge in [-0.15, -0.1) is 0 Å². The fourth-order valence-corrected chi connectivity index (χ4v) is 5.56. The van der Waals surface area contributed by atoms with Crippen molar-refractivity contribution >= 4 is 39.1 Å². The van der Waals surface area contributed by atoms with Crippen molar-refractivity contribution in [1.29, 1.82) is 0 Å². The molecule has 0 unspecified atom stereocenters. The molecule has 0 saturated carbocycles. The molecule has 0 atom stereocenters. The van der Waals surface area contributed by atoms with Crippen LogP contribution in [0.4, 0.5) is 11.4 Å². The number of hydrogen-bond donors (Lipinski definition) is 1. The average Bonchev–Trinajstić information content (AvgIpc) is 3.00. The van der Waals surface area contributed by atoms with Gasteiger partial charge in [0.15, 0.2) is 0 Å². The SMILES string of the molecule is O=C(CN1CCN(S(=O)(=O)N2CCCCCC2)CC1)Nc1ccc([N+](=O)[O-])cc1Cl. The Balaban J connectivity index is 1.50. The fraction of sp³-hybridized carbons (Fsp3) is 0.611. The molecule has 2 saturated heterocycles. The molecule has 10 nitrogen and oxygen atoms in total. The van der Waals surface area contributed by atoms with Crippen LogP contribution in [-0.4, -0.2) is 78.6 Å². The Morgan fingerprint density at radius 3 is 2.20 bits per heavy atom. The van der Waals surface area contributed by atoms with Crippen molar-refractivity contribution in [3.63, 3.8) is 0 Å². The lowest BCUT2D eigenvalue weighted by atomic mass is 10.2. The van der Waals surface area contributed by atoms with Crippen LogP contribution in [-0.2, 0) is 15.0 Å². The molecule has 0 aliphatic carbocycles. The standard InChI is InChI=1S/C18H26ClN5O5S/c19-16-13-15(24(26)27)5-6-17(16)20-18(25)14-21-9-11-23(12-10-21)30(28,29)22-7-3-1-2-4-8-22/h5-6,13H,1-4,7-12,14H2,(H,20,25). The first kappa shape index (κ1) is 22.9. The van der Waals surface area contributed by atoms with E-state index in [1.807, 2.05) is 4.90 Å². The molecule has 2 heterocycles. The number of non-ortho nitro benzene ring substituents is 1. The highest BCUT2D eigenvalue weighted by molar-refractivity contribution is 7.86. The molecular weight excluding hydrogens is 434 g/mol. The second-order valence-electron chi connectivity index (χ2n) is 7.47. The molecule has 0 bridgehead atoms. The minimum Gasteiger partial charge on any atom is -0.324 e. The van der Waals surface area contributed by atoms with E-state index < -0.39 is 15.1 Å². The highest BCUT2D eigenvalue weighted by atomic mass is 35.5. The van der Waals surface area contributed by atoms with Crippen molar-refractivity contribution < 1.29 is 18.1 Å². The maximum atomic E-state index is 12.9. The lowest BCUT2D eigenvalue weighted by Crippen LogP contribution is -2.54. The van der Waals surface area contributed by atoms with Crippen molar-refractivity contribution in [3.05, 3.63) is 33.3 Å². The summed E-state index contributed by atoms with van der Waals surface area (Å²) >= 11 is 6.00. The maximum Gasteiger partial charge on any atom is 0.282 e. The average molecular weight is 460 g/mol. The lowest BCUT2D eigenvalue weighted by Gasteiger charge is -2.36. The van der Waals surface area contributed by atoms with Crippen LogP contribution in [0.2, 0.25) is 5.02 Å². The molecule has 166 valence electrons. The Morgan fingerprint density at radius 1 is 1.03 bits per heavy atom. The molecule has 0 spiro atoms. The van der Waals surface area contributed by atoms with Gasteiger partial charge in [0.25, 0.3) is 15.9 Å². The van der Waals surface area contributed by atoms with E-state index in [1.165, 1.54) is 22.5 Å². The summed E-state index contributed by atoms with van der Waals surface area (Å²) in [6.45, 7) is 2.81. The van der Waals surface area contributed by atoms with Gasteiger partial charge in [0, 0.05) is 51.4 Å². The third-order valence-electron chi connectivity index (χ3n) is 5.35. The predicted octanol–water partition coefficient (Wildman–Crippen LogP) is 1.93. The van der Waals surface area contributed by atoms with Crippen LogP contribution < -0.4 is 5.32 Å². The molecule has 1 aromatic carbocycles. The van der Waals surface area contributed by atoms with Gasteiger partial charge in [0.05, 0.1) is 22.2 Å². The van der Waals surface area contributed by atoms with Crippen LogP contribution in [0.15, 0.2) is 18.2 Å². The normalized spacial score (nSPS) is 19.9. The first-order chi connectivity index (χ1) is 14.3. The zero-order valence-electron chi connectivity index (χ0n) is 16.6. The number of hydrogen-bond acceptors (Lipinski definition) is 6. The Bertz CT molecular complexity index is 881. The first-order valence-corrected chi connectivity index (χ1v) is 11.8. The van der Waals surface area contributed by atoms with Crippen LogP contribution in [0, 0.1) is 10.1 Å². The molecule has 0 radical (unpaired) electrons. The number of rotatable bonds is 6. The Morgan fingerprint density at radius 2 is 1.63 bits per heavy atom. The second kappa shape index (κ2) is 10.0. The molecular formula is C18H26ClN5O5S. The van der Waals surface area contributed by atoms with Crippen molar-refractivity contribution in [2.24, 2.45) is 0 Å². The minimum absolute atomic E-state index is 0.0882. The van der Waals surface area contributed by atoms with Gasteiger partial charge in [0.2, 0.25) is 5.91 Å². The third kappa shape index (κ3) is 5.67. The van der Waals surface area contributed by atoms with E-state index in [2.05, 4.69) is 5.32 Å². The lowest BCUT2D eigenvalue weighted by molar-refractivity contribution is -0.384. The van der Waals surface area contributed by atoms with Crippen molar-refractivity contribution in [3.8, 4) is 0 Å². The number of carbonyl (C=O) groups is 1. The van der Waals surface area contributed by atoms with Crippen LogP contribution in [0.5, 0.6) is 0 Å². The van der Waals surface area contributed by atoms with Gasteiger partial charge in [-0.2, -0.15) is 17.0 Å². The van der Waals surface area contributed by atoms with Crippen molar-refractivity contribution in [2.45, 2.75) is 25.7 Å². The highest BCUT2D eigenvalue weighted by Gasteiger charge is 2.32. The monoisotopic (exact) mass is 459 g/mol. The molecule has 30 heavy (non-hydrogen) atoms. The predicted molar refractivity (Wildman–Crippen MR) is 114 cm³/mol. The first-order valence-electron chi connectivity index (χ1n) is 9.99. The Hall–Kier alpha value is -1.79. The van der Waals surface area contributed by atoms with Crippen LogP contribution in [0.3, 0.4) is 0 Å². The number of amides is 1. The fourth-order valence-electron chi connectivity index (χ4n) is 3.67. The highest BCUT2D eigenvalue weighted by Crippen LogP contribution is 2.26. The van der Waals surface area contributed by atoms with Gasteiger partial charge in [-0.25, -0.2) is 0 Å². The van der Waals surface area contributed by atoms with Gasteiger partial charge in [-0.3, -0.25) is 19.8 Å². The zero-order valence-corrected chi connectivity index (χ0v) is 18.2. The largest absolute Gasteiger partial charge is 0.324 e. The molecule has 2 fully saturated rings. The Kier molecular flexibility index (Phi) is 7.64. The van der Waals surface area contributed by atoms with Crippen molar-refractivity contribution in [2.75, 3.05) is 51.1 Å². The van der Waals surface area contributed by atoms with E-state index in [1.54, 1.807) is 4.31 Å². The Labute approximate surface area is 181 Å². The number of halogens is 1. The number of anilines is 1. The molecule has 1 N–H and O–H groups in total. The summed E-state index contributed by atoms with van der Waals surface area (Å²) in [5.74, 6) is -0.311. The summed E-state index contributed by atoms with van der Waals surface area (Å²) < 4.78 is 28.8. The maximum absolute atomic E-state index is 12.9. The molecule has 1 aromatic rings. The summed E-state index contributed by atoms with van der Waals surface area (Å²) in [4.78, 5) is 24.4. The van der Waals surface area contributed by atoms with Crippen LogP contribution >= 0.6 is 11.6 Å². The summed E-state index contributed by atoms with van der Waals surface area (Å²) in [6, 6.07) is 3.85. The van der Waals surface area contributed by atoms with Gasteiger partial charge in [-0.05, 0) is 18.9 Å². The van der Waals surface area contributed by atoms with E-state index in [9.17, 15) is 23.3 Å². The number of nitro benzene ring substituents is 1. The molecule has 2 aliphatic heterocycles. The minimum atomic E-state index is -3.46. The molecule has 0 aromatic heterocycles. The van der Waals surface area contributed by atoms with Crippen LogP contribution in [0.1, 0.15) is 25.7 Å². The number of nitrogens with zero attached hydrogens (tertiary/aromatic N) is 4. The summed E-state index contributed by atoms with van der Waals surface area (Å²) in [6.07, 6.45) is 3.91. The number of benzene rings is 1. The third-order valence-corrected chi connectivity index (χ3v) is 7.70. The molecule has 1 amide bonds. The number of nitrogens with one attached hydrogen (secondary N) is 1. The summed E-state index contributed by atoms with van der Waals surface area (Å²) in [7, 11) is -3.46. The zero-order chi connectivity index (χ0) is 21.7. The molecule has 3 rings (SSSR count). The van der Waals surface area contributed by atoms with E-state index in [0.717, 1.165) is 25.7 Å². The van der Waals surface area contributed by atoms with E-state index in [-0.39, 0.29) is 23.2 Å². The number of piperazine rings is 1. The summed E-state index contributed by atoms with van der Waals surface area (Å²) in [5.41, 5.74) is 0.148. The topological polar surface area (TPSA) is 116 Å². The van der Waals surface area contributed by atoms with Gasteiger partial charge in [0.1, 0.15) is 0 Å². The van der Waals surface area contributed by atoms with Gasteiger partial charge >= 0.3 is 0 Å². The second-order valence-corrected chi connectivity index (χ2v) is 9.80.